The van der Waals surface area contributed by atoms with Crippen molar-refractivity contribution in [3.8, 4) is 5.75 Å². The first-order valence-electron chi connectivity index (χ1n) is 7.71. The first-order chi connectivity index (χ1) is 11.6. The summed E-state index contributed by atoms with van der Waals surface area (Å²) in [6, 6.07) is 15.8. The van der Waals surface area contributed by atoms with Crippen molar-refractivity contribution in [3.63, 3.8) is 0 Å². The highest BCUT2D eigenvalue weighted by Gasteiger charge is 2.02. The molecule has 0 amide bonds. The fourth-order valence-electron chi connectivity index (χ4n) is 2.31. The maximum Gasteiger partial charge on any atom is 0.135 e. The van der Waals surface area contributed by atoms with Crippen molar-refractivity contribution in [3.05, 3.63) is 66.0 Å². The number of hydrogen-bond acceptors (Lipinski definition) is 5. The number of benzene rings is 2. The molecule has 3 aromatic rings. The standard InChI is InChI=1S/C19H20N4O/c1-13-7-8-16(9-14(13)2)23-19-11-18(20-12-21-19)22-15-5-4-6-17(10-15)24-3/h4-12H,1-3H3,(H2,20,21,22,23). The molecule has 0 saturated carbocycles. The Morgan fingerprint density at radius 3 is 2.17 bits per heavy atom. The maximum absolute atomic E-state index is 5.23. The number of anilines is 4. The van der Waals surface area contributed by atoms with E-state index in [1.165, 1.54) is 17.5 Å². The van der Waals surface area contributed by atoms with Gasteiger partial charge in [0.1, 0.15) is 23.7 Å². The van der Waals surface area contributed by atoms with Gasteiger partial charge in [0.15, 0.2) is 0 Å². The Bertz CT molecular complexity index is 848. The molecule has 24 heavy (non-hydrogen) atoms. The number of hydrogen-bond donors (Lipinski definition) is 2. The average molecular weight is 320 g/mol. The third-order valence-corrected chi connectivity index (χ3v) is 3.79. The van der Waals surface area contributed by atoms with E-state index < -0.39 is 0 Å². The number of nitrogens with zero attached hydrogens (tertiary/aromatic N) is 2. The van der Waals surface area contributed by atoms with Crippen LogP contribution in [-0.2, 0) is 0 Å². The van der Waals surface area contributed by atoms with E-state index in [4.69, 9.17) is 4.74 Å². The minimum Gasteiger partial charge on any atom is -0.497 e. The zero-order chi connectivity index (χ0) is 16.9. The summed E-state index contributed by atoms with van der Waals surface area (Å²) in [7, 11) is 1.65. The molecule has 2 N–H and O–H groups in total. The summed E-state index contributed by atoms with van der Waals surface area (Å²) in [5.41, 5.74) is 4.42. The van der Waals surface area contributed by atoms with Crippen LogP contribution in [-0.4, -0.2) is 17.1 Å². The molecular formula is C19H20N4O. The molecule has 0 unspecified atom stereocenters. The molecule has 0 saturated heterocycles. The zero-order valence-electron chi connectivity index (χ0n) is 14.0. The first kappa shape index (κ1) is 15.8. The molecule has 0 aliphatic heterocycles. The largest absolute Gasteiger partial charge is 0.497 e. The van der Waals surface area contributed by atoms with Crippen molar-refractivity contribution in [1.29, 1.82) is 0 Å². The van der Waals surface area contributed by atoms with E-state index in [-0.39, 0.29) is 0 Å². The number of aromatic nitrogens is 2. The molecule has 0 bridgehead atoms. The molecule has 0 spiro atoms. The van der Waals surface area contributed by atoms with Gasteiger partial charge in [0.2, 0.25) is 0 Å². The second-order valence-corrected chi connectivity index (χ2v) is 5.57. The lowest BCUT2D eigenvalue weighted by Gasteiger charge is -2.10. The Morgan fingerprint density at radius 2 is 1.50 bits per heavy atom. The van der Waals surface area contributed by atoms with Crippen LogP contribution in [0.5, 0.6) is 5.75 Å². The highest BCUT2D eigenvalue weighted by molar-refractivity contribution is 5.64. The molecule has 0 aliphatic rings. The third kappa shape index (κ3) is 3.81. The van der Waals surface area contributed by atoms with E-state index in [2.05, 4.69) is 46.6 Å². The van der Waals surface area contributed by atoms with Crippen LogP contribution in [0.15, 0.2) is 54.9 Å². The molecule has 5 heteroatoms. The molecule has 0 fully saturated rings. The minimum atomic E-state index is 0.713. The first-order valence-corrected chi connectivity index (χ1v) is 7.71. The molecule has 1 heterocycles. The minimum absolute atomic E-state index is 0.713. The predicted octanol–water partition coefficient (Wildman–Crippen LogP) is 4.59. The Labute approximate surface area is 141 Å². The maximum atomic E-state index is 5.23. The van der Waals surface area contributed by atoms with Gasteiger partial charge in [0.25, 0.3) is 0 Å². The fraction of sp³-hybridized carbons (Fsp3) is 0.158. The van der Waals surface area contributed by atoms with Gasteiger partial charge in [0, 0.05) is 23.5 Å². The summed E-state index contributed by atoms with van der Waals surface area (Å²) < 4.78 is 5.23. The van der Waals surface area contributed by atoms with E-state index in [9.17, 15) is 0 Å². The van der Waals surface area contributed by atoms with Crippen LogP contribution in [0.4, 0.5) is 23.0 Å². The van der Waals surface area contributed by atoms with Gasteiger partial charge in [-0.2, -0.15) is 0 Å². The van der Waals surface area contributed by atoms with E-state index in [1.54, 1.807) is 7.11 Å². The lowest BCUT2D eigenvalue weighted by Crippen LogP contribution is -1.99. The van der Waals surface area contributed by atoms with Gasteiger partial charge in [0.05, 0.1) is 7.11 Å². The second-order valence-electron chi connectivity index (χ2n) is 5.57. The Hall–Kier alpha value is -3.08. The van der Waals surface area contributed by atoms with E-state index >= 15 is 0 Å². The Morgan fingerprint density at radius 1 is 0.792 bits per heavy atom. The van der Waals surface area contributed by atoms with Crippen LogP contribution >= 0.6 is 0 Å². The van der Waals surface area contributed by atoms with Gasteiger partial charge < -0.3 is 15.4 Å². The van der Waals surface area contributed by atoms with Gasteiger partial charge >= 0.3 is 0 Å². The summed E-state index contributed by atoms with van der Waals surface area (Å²) in [5, 5.41) is 6.56. The average Bonchev–Trinajstić information content (AvgIpc) is 2.59. The highest BCUT2D eigenvalue weighted by Crippen LogP contribution is 2.23. The summed E-state index contributed by atoms with van der Waals surface area (Å²) in [4.78, 5) is 8.54. The topological polar surface area (TPSA) is 59.1 Å². The van der Waals surface area contributed by atoms with Crippen molar-refractivity contribution in [2.24, 2.45) is 0 Å². The number of nitrogens with one attached hydrogen (secondary N) is 2. The van der Waals surface area contributed by atoms with Gasteiger partial charge in [-0.25, -0.2) is 9.97 Å². The summed E-state index contributed by atoms with van der Waals surface area (Å²) in [5.74, 6) is 2.24. The van der Waals surface area contributed by atoms with Crippen LogP contribution in [0, 0.1) is 13.8 Å². The van der Waals surface area contributed by atoms with Crippen molar-refractivity contribution in [1.82, 2.24) is 9.97 Å². The van der Waals surface area contributed by atoms with E-state index in [0.29, 0.717) is 5.82 Å². The monoisotopic (exact) mass is 320 g/mol. The number of rotatable bonds is 5. The third-order valence-electron chi connectivity index (χ3n) is 3.79. The molecule has 0 atom stereocenters. The van der Waals surface area contributed by atoms with Crippen molar-refractivity contribution >= 4 is 23.0 Å². The van der Waals surface area contributed by atoms with Crippen LogP contribution in [0.2, 0.25) is 0 Å². The molecule has 122 valence electrons. The number of methoxy groups -OCH3 is 1. The molecule has 2 aromatic carbocycles. The molecule has 0 radical (unpaired) electrons. The van der Waals surface area contributed by atoms with Crippen molar-refractivity contribution in [2.45, 2.75) is 13.8 Å². The summed E-state index contributed by atoms with van der Waals surface area (Å²) in [6.45, 7) is 4.19. The fourth-order valence-corrected chi connectivity index (χ4v) is 2.31. The SMILES string of the molecule is COc1cccc(Nc2cc(Nc3ccc(C)c(C)c3)ncn2)c1. The van der Waals surface area contributed by atoms with Gasteiger partial charge in [-0.1, -0.05) is 12.1 Å². The Kier molecular flexibility index (Phi) is 4.61. The molecule has 5 nitrogen and oxygen atoms in total. The summed E-state index contributed by atoms with van der Waals surface area (Å²) >= 11 is 0. The van der Waals surface area contributed by atoms with Gasteiger partial charge in [-0.15, -0.1) is 0 Å². The van der Waals surface area contributed by atoms with Crippen LogP contribution < -0.4 is 15.4 Å². The predicted molar refractivity (Wildman–Crippen MR) is 97.5 cm³/mol. The smallest absolute Gasteiger partial charge is 0.135 e. The molecular weight excluding hydrogens is 300 g/mol. The second kappa shape index (κ2) is 7.00. The van der Waals surface area contributed by atoms with Gasteiger partial charge in [-0.3, -0.25) is 0 Å². The number of aryl methyl sites for hydroxylation is 2. The normalized spacial score (nSPS) is 10.3. The Balaban J connectivity index is 1.77. The molecule has 0 aliphatic carbocycles. The molecule has 3 rings (SSSR count). The zero-order valence-corrected chi connectivity index (χ0v) is 14.0. The van der Waals surface area contributed by atoms with E-state index in [0.717, 1.165) is 22.9 Å². The quantitative estimate of drug-likeness (QED) is 0.720. The van der Waals surface area contributed by atoms with Crippen LogP contribution in [0.3, 0.4) is 0 Å². The van der Waals surface area contributed by atoms with Crippen LogP contribution in [0.25, 0.3) is 0 Å². The van der Waals surface area contributed by atoms with Gasteiger partial charge in [-0.05, 0) is 49.2 Å². The highest BCUT2D eigenvalue weighted by atomic mass is 16.5. The molecule has 1 aromatic heterocycles. The lowest BCUT2D eigenvalue weighted by molar-refractivity contribution is 0.415. The van der Waals surface area contributed by atoms with E-state index in [1.807, 2.05) is 36.4 Å². The number of ether oxygens (including phenoxy) is 1. The lowest BCUT2D eigenvalue weighted by atomic mass is 10.1. The van der Waals surface area contributed by atoms with Crippen molar-refractivity contribution < 1.29 is 4.74 Å². The van der Waals surface area contributed by atoms with Crippen LogP contribution in [0.1, 0.15) is 11.1 Å². The van der Waals surface area contributed by atoms with Crippen molar-refractivity contribution in [2.75, 3.05) is 17.7 Å². The summed E-state index contributed by atoms with van der Waals surface area (Å²) in [6.07, 6.45) is 1.53.